The number of carbonyl (C=O) groups is 3. The van der Waals surface area contributed by atoms with Crippen molar-refractivity contribution >= 4 is 18.3 Å². The van der Waals surface area contributed by atoms with Crippen LogP contribution in [0.25, 0.3) is 0 Å². The number of ether oxygens (including phenoxy) is 1. The number of amides is 2. The highest BCUT2D eigenvalue weighted by Gasteiger charge is 2.16. The fourth-order valence-corrected chi connectivity index (χ4v) is 1.56. The van der Waals surface area contributed by atoms with Crippen LogP contribution in [0.5, 0.6) is 5.75 Å². The molecule has 0 bridgehead atoms. The Bertz CT molecular complexity index is 564. The molecule has 0 atom stereocenters. The lowest BCUT2D eigenvalue weighted by atomic mass is 10.1. The number of nitrogens with one attached hydrogen (secondary N) is 2. The zero-order chi connectivity index (χ0) is 16.8. The van der Waals surface area contributed by atoms with Crippen LogP contribution in [0.15, 0.2) is 18.2 Å². The van der Waals surface area contributed by atoms with Crippen LogP contribution in [0.2, 0.25) is 0 Å². The molecule has 0 spiro atoms. The van der Waals surface area contributed by atoms with Crippen LogP contribution in [0, 0.1) is 0 Å². The lowest BCUT2D eigenvalue weighted by Crippen LogP contribution is -2.37. The van der Waals surface area contributed by atoms with Crippen molar-refractivity contribution in [3.63, 3.8) is 0 Å². The van der Waals surface area contributed by atoms with Crippen LogP contribution in [0.1, 0.15) is 41.5 Å². The minimum atomic E-state index is -0.589. The average molecular weight is 308 g/mol. The molecule has 0 saturated carbocycles. The average Bonchev–Trinajstić information content (AvgIpc) is 2.42. The zero-order valence-corrected chi connectivity index (χ0v) is 12.8. The molecular weight excluding hydrogens is 288 g/mol. The molecule has 0 aliphatic heterocycles. The molecule has 1 rings (SSSR count). The first-order chi connectivity index (χ1) is 10.2. The summed E-state index contributed by atoms with van der Waals surface area (Å²) in [4.78, 5) is 33.9. The fraction of sp³-hybridized carbons (Fsp3) is 0.400. The molecule has 0 aliphatic rings. The first-order valence-corrected chi connectivity index (χ1v) is 6.76. The molecule has 0 aliphatic carbocycles. The van der Waals surface area contributed by atoms with Crippen LogP contribution in [0.4, 0.5) is 4.79 Å². The van der Waals surface area contributed by atoms with Gasteiger partial charge < -0.3 is 20.5 Å². The van der Waals surface area contributed by atoms with Crippen molar-refractivity contribution in [2.75, 3.05) is 13.1 Å². The van der Waals surface area contributed by atoms with E-state index in [2.05, 4.69) is 10.6 Å². The molecule has 0 fully saturated rings. The standard InChI is InChI=1S/C15H20N2O5/c1-15(2,3)22-14(21)17-7-6-16-13(20)11-8-10(9-18)4-5-12(11)19/h4-5,8-9,19H,6-7H2,1-3H3,(H,16,20)(H,17,21). The van der Waals surface area contributed by atoms with Gasteiger partial charge in [-0.1, -0.05) is 0 Å². The van der Waals surface area contributed by atoms with Crippen LogP contribution >= 0.6 is 0 Å². The largest absolute Gasteiger partial charge is 0.507 e. The van der Waals surface area contributed by atoms with E-state index >= 15 is 0 Å². The Balaban J connectivity index is 2.44. The summed E-state index contributed by atoms with van der Waals surface area (Å²) < 4.78 is 5.04. The van der Waals surface area contributed by atoms with Crippen molar-refractivity contribution in [2.24, 2.45) is 0 Å². The number of hydrogen-bond acceptors (Lipinski definition) is 5. The Kier molecular flexibility index (Phi) is 5.91. The topological polar surface area (TPSA) is 105 Å². The van der Waals surface area contributed by atoms with Crippen molar-refractivity contribution < 1.29 is 24.2 Å². The summed E-state index contributed by atoms with van der Waals surface area (Å²) in [5.41, 5.74) is -0.300. The zero-order valence-electron chi connectivity index (χ0n) is 12.8. The van der Waals surface area contributed by atoms with Crippen molar-refractivity contribution in [2.45, 2.75) is 26.4 Å². The third kappa shape index (κ3) is 5.82. The Labute approximate surface area is 128 Å². The monoisotopic (exact) mass is 308 g/mol. The number of rotatable bonds is 5. The Morgan fingerprint density at radius 2 is 1.86 bits per heavy atom. The van der Waals surface area contributed by atoms with E-state index in [-0.39, 0.29) is 30.0 Å². The van der Waals surface area contributed by atoms with Crippen molar-refractivity contribution in [1.82, 2.24) is 10.6 Å². The Morgan fingerprint density at radius 1 is 1.23 bits per heavy atom. The smallest absolute Gasteiger partial charge is 0.407 e. The Morgan fingerprint density at radius 3 is 2.45 bits per heavy atom. The first kappa shape index (κ1) is 17.5. The highest BCUT2D eigenvalue weighted by molar-refractivity contribution is 5.98. The van der Waals surface area contributed by atoms with Gasteiger partial charge >= 0.3 is 6.09 Å². The van der Waals surface area contributed by atoms with Gasteiger partial charge in [0.1, 0.15) is 17.6 Å². The molecule has 3 N–H and O–H groups in total. The van der Waals surface area contributed by atoms with E-state index in [4.69, 9.17) is 4.74 Å². The summed E-state index contributed by atoms with van der Waals surface area (Å²) in [6.07, 6.45) is 0.00727. The number of phenolic OH excluding ortho intramolecular Hbond substituents is 1. The number of aromatic hydroxyl groups is 1. The second kappa shape index (κ2) is 7.44. The quantitative estimate of drug-likeness (QED) is 0.564. The van der Waals surface area contributed by atoms with E-state index < -0.39 is 17.6 Å². The highest BCUT2D eigenvalue weighted by Crippen LogP contribution is 2.17. The van der Waals surface area contributed by atoms with E-state index in [9.17, 15) is 19.5 Å². The number of carbonyl (C=O) groups excluding carboxylic acids is 3. The molecule has 1 aromatic carbocycles. The third-order valence-electron chi connectivity index (χ3n) is 2.48. The maximum atomic E-state index is 11.9. The van der Waals surface area contributed by atoms with E-state index in [1.807, 2.05) is 0 Å². The van der Waals surface area contributed by atoms with Gasteiger partial charge in [-0.05, 0) is 39.0 Å². The number of aldehydes is 1. The number of alkyl carbamates (subject to hydrolysis) is 1. The van der Waals surface area contributed by atoms with Crippen molar-refractivity contribution in [1.29, 1.82) is 0 Å². The van der Waals surface area contributed by atoms with Gasteiger partial charge in [-0.2, -0.15) is 0 Å². The van der Waals surface area contributed by atoms with Gasteiger partial charge in [0.15, 0.2) is 0 Å². The molecule has 0 saturated heterocycles. The molecule has 1 aromatic rings. The van der Waals surface area contributed by atoms with E-state index in [0.717, 1.165) is 0 Å². The van der Waals surface area contributed by atoms with Gasteiger partial charge in [-0.25, -0.2) is 4.79 Å². The maximum absolute atomic E-state index is 11.9. The minimum Gasteiger partial charge on any atom is -0.507 e. The molecule has 0 unspecified atom stereocenters. The van der Waals surface area contributed by atoms with E-state index in [1.165, 1.54) is 18.2 Å². The van der Waals surface area contributed by atoms with E-state index in [1.54, 1.807) is 20.8 Å². The fourth-order valence-electron chi connectivity index (χ4n) is 1.56. The van der Waals surface area contributed by atoms with Gasteiger partial charge in [-0.15, -0.1) is 0 Å². The third-order valence-corrected chi connectivity index (χ3v) is 2.48. The summed E-state index contributed by atoms with van der Waals surface area (Å²) in [6, 6.07) is 3.97. The van der Waals surface area contributed by atoms with Crippen molar-refractivity contribution in [3.05, 3.63) is 29.3 Å². The maximum Gasteiger partial charge on any atom is 0.407 e. The summed E-state index contributed by atoms with van der Waals surface area (Å²) in [7, 11) is 0. The molecule has 120 valence electrons. The van der Waals surface area contributed by atoms with Crippen LogP contribution < -0.4 is 10.6 Å². The lowest BCUT2D eigenvalue weighted by Gasteiger charge is -2.19. The molecule has 7 nitrogen and oxygen atoms in total. The predicted octanol–water partition coefficient (Wildman–Crippen LogP) is 1.46. The second-order valence-corrected chi connectivity index (χ2v) is 5.58. The van der Waals surface area contributed by atoms with Gasteiger partial charge in [0.05, 0.1) is 5.56 Å². The lowest BCUT2D eigenvalue weighted by molar-refractivity contribution is 0.0526. The van der Waals surface area contributed by atoms with Crippen LogP contribution in [-0.2, 0) is 4.74 Å². The number of phenols is 1. The highest BCUT2D eigenvalue weighted by atomic mass is 16.6. The van der Waals surface area contributed by atoms with Gasteiger partial charge in [-0.3, -0.25) is 9.59 Å². The normalized spacial score (nSPS) is 10.7. The number of hydrogen-bond donors (Lipinski definition) is 3. The Hall–Kier alpha value is -2.57. The van der Waals surface area contributed by atoms with Crippen LogP contribution in [-0.4, -0.2) is 42.1 Å². The molecule has 0 heterocycles. The van der Waals surface area contributed by atoms with Crippen LogP contribution in [0.3, 0.4) is 0 Å². The molecule has 2 amide bonds. The molecule has 0 radical (unpaired) electrons. The first-order valence-electron chi connectivity index (χ1n) is 6.76. The van der Waals surface area contributed by atoms with Crippen molar-refractivity contribution in [3.8, 4) is 5.75 Å². The summed E-state index contributed by atoms with van der Waals surface area (Å²) in [5.74, 6) is -0.754. The molecule has 0 aromatic heterocycles. The summed E-state index contributed by atoms with van der Waals surface area (Å²) in [6.45, 7) is 5.57. The SMILES string of the molecule is CC(C)(C)OC(=O)NCCNC(=O)c1cc(C=O)ccc1O. The van der Waals surface area contributed by atoms with Gasteiger partial charge in [0.25, 0.3) is 5.91 Å². The summed E-state index contributed by atoms with van der Waals surface area (Å²) in [5, 5.41) is 14.6. The second-order valence-electron chi connectivity index (χ2n) is 5.58. The van der Waals surface area contributed by atoms with Gasteiger partial charge in [0.2, 0.25) is 0 Å². The number of benzene rings is 1. The minimum absolute atomic E-state index is 0.00173. The molecule has 7 heteroatoms. The molecular formula is C15H20N2O5. The van der Waals surface area contributed by atoms with E-state index in [0.29, 0.717) is 6.29 Å². The predicted molar refractivity (Wildman–Crippen MR) is 80.1 cm³/mol. The summed E-state index contributed by atoms with van der Waals surface area (Å²) >= 11 is 0. The molecule has 22 heavy (non-hydrogen) atoms. The van der Waals surface area contributed by atoms with Gasteiger partial charge in [0, 0.05) is 18.7 Å².